The molecule has 2 aliphatic heterocycles. The summed E-state index contributed by atoms with van der Waals surface area (Å²) in [5, 5.41) is 0. The molecule has 1 atom stereocenters. The minimum absolute atomic E-state index is 0.120. The number of benzene rings is 1. The Hall–Kier alpha value is -2.63. The lowest BCUT2D eigenvalue weighted by molar-refractivity contribution is -0.138. The van der Waals surface area contributed by atoms with Crippen LogP contribution >= 0.6 is 0 Å². The zero-order valence-corrected chi connectivity index (χ0v) is 15.0. The molecule has 2 aliphatic rings. The first-order valence-electron chi connectivity index (χ1n) is 9.29. The van der Waals surface area contributed by atoms with Gasteiger partial charge in [0.25, 0.3) is 0 Å². The second-order valence-electron chi connectivity index (χ2n) is 7.54. The maximum Gasteiger partial charge on any atom is 0.227 e. The van der Waals surface area contributed by atoms with Gasteiger partial charge in [0.1, 0.15) is 5.82 Å². The molecular weight excluding hydrogens is 326 g/mol. The van der Waals surface area contributed by atoms with Crippen molar-refractivity contribution in [1.29, 1.82) is 0 Å². The summed E-state index contributed by atoms with van der Waals surface area (Å²) >= 11 is 0. The number of rotatable bonds is 3. The zero-order valence-electron chi connectivity index (χ0n) is 15.0. The number of hydrogen-bond acceptors (Lipinski definition) is 5. The topological polar surface area (TPSA) is 75.3 Å². The van der Waals surface area contributed by atoms with Gasteiger partial charge in [-0.3, -0.25) is 4.79 Å². The molecule has 0 saturated carbocycles. The molecule has 2 fully saturated rings. The van der Waals surface area contributed by atoms with E-state index in [4.69, 9.17) is 5.73 Å². The number of hydrogen-bond donors (Lipinski definition) is 1. The summed E-state index contributed by atoms with van der Waals surface area (Å²) in [6, 6.07) is 11.9. The molecule has 2 aromatic rings. The van der Waals surface area contributed by atoms with Gasteiger partial charge in [0.2, 0.25) is 11.9 Å². The first kappa shape index (κ1) is 16.8. The molecule has 4 rings (SSSR count). The van der Waals surface area contributed by atoms with Crippen LogP contribution < -0.4 is 10.6 Å². The average molecular weight is 351 g/mol. The summed E-state index contributed by atoms with van der Waals surface area (Å²) in [7, 11) is 0. The number of nitrogens with zero attached hydrogens (tertiary/aromatic N) is 4. The van der Waals surface area contributed by atoms with Crippen LogP contribution in [0.25, 0.3) is 0 Å². The number of nitrogen functional groups attached to an aromatic ring is 1. The van der Waals surface area contributed by atoms with Gasteiger partial charge in [0, 0.05) is 44.2 Å². The molecule has 136 valence electrons. The summed E-state index contributed by atoms with van der Waals surface area (Å²) in [6.45, 7) is 3.32. The lowest BCUT2D eigenvalue weighted by Gasteiger charge is -2.48. The normalized spacial score (nSPS) is 23.5. The number of carbonyl (C=O) groups excluding carboxylic acids is 1. The number of piperidine rings is 2. The zero-order chi connectivity index (χ0) is 18.0. The van der Waals surface area contributed by atoms with Crippen LogP contribution in [0.4, 0.5) is 11.8 Å². The van der Waals surface area contributed by atoms with Crippen LogP contribution in [0.15, 0.2) is 42.6 Å². The number of anilines is 2. The van der Waals surface area contributed by atoms with Crippen molar-refractivity contribution in [2.24, 2.45) is 5.41 Å². The third-order valence-electron chi connectivity index (χ3n) is 5.57. The quantitative estimate of drug-likeness (QED) is 0.919. The van der Waals surface area contributed by atoms with Crippen LogP contribution in [-0.2, 0) is 11.3 Å². The Kier molecular flexibility index (Phi) is 4.49. The number of amides is 1. The highest BCUT2D eigenvalue weighted by Gasteiger charge is 2.42. The maximum atomic E-state index is 12.5. The number of aromatic nitrogens is 2. The fourth-order valence-electron chi connectivity index (χ4n) is 4.28. The summed E-state index contributed by atoms with van der Waals surface area (Å²) in [6.07, 6.45) is 5.51. The fourth-order valence-corrected chi connectivity index (χ4v) is 4.28. The van der Waals surface area contributed by atoms with Crippen LogP contribution in [-0.4, -0.2) is 40.4 Å². The molecule has 2 saturated heterocycles. The van der Waals surface area contributed by atoms with Crippen molar-refractivity contribution in [1.82, 2.24) is 14.9 Å². The van der Waals surface area contributed by atoms with Crippen molar-refractivity contribution >= 4 is 17.7 Å². The van der Waals surface area contributed by atoms with Crippen molar-refractivity contribution in [3.05, 3.63) is 48.2 Å². The molecule has 6 heteroatoms. The summed E-state index contributed by atoms with van der Waals surface area (Å²) in [4.78, 5) is 25.5. The molecule has 2 N–H and O–H groups in total. The van der Waals surface area contributed by atoms with E-state index in [1.165, 1.54) is 5.56 Å². The highest BCUT2D eigenvalue weighted by molar-refractivity contribution is 5.77. The molecule has 1 amide bonds. The molecule has 0 unspecified atom stereocenters. The van der Waals surface area contributed by atoms with Crippen LogP contribution in [0.3, 0.4) is 0 Å². The fraction of sp³-hybridized carbons (Fsp3) is 0.450. The van der Waals surface area contributed by atoms with Gasteiger partial charge in [-0.1, -0.05) is 30.3 Å². The molecule has 26 heavy (non-hydrogen) atoms. The van der Waals surface area contributed by atoms with E-state index in [1.54, 1.807) is 12.3 Å². The molecule has 0 aliphatic carbocycles. The largest absolute Gasteiger partial charge is 0.384 e. The smallest absolute Gasteiger partial charge is 0.227 e. The van der Waals surface area contributed by atoms with Gasteiger partial charge >= 0.3 is 0 Å². The highest BCUT2D eigenvalue weighted by Crippen LogP contribution is 2.40. The van der Waals surface area contributed by atoms with Crippen molar-refractivity contribution in [3.8, 4) is 0 Å². The Morgan fingerprint density at radius 3 is 2.77 bits per heavy atom. The molecule has 0 bridgehead atoms. The first-order valence-corrected chi connectivity index (χ1v) is 9.29. The van der Waals surface area contributed by atoms with Crippen LogP contribution in [0, 0.1) is 5.41 Å². The SMILES string of the molecule is Nc1ccnc(N2CCC[C@@]3(CCC(=O)N(Cc4ccccc4)C3)C2)n1. The van der Waals surface area contributed by atoms with Gasteiger partial charge in [0.15, 0.2) is 0 Å². The van der Waals surface area contributed by atoms with Crippen LogP contribution in [0.2, 0.25) is 0 Å². The molecule has 3 heterocycles. The van der Waals surface area contributed by atoms with Gasteiger partial charge < -0.3 is 15.5 Å². The predicted octanol–water partition coefficient (Wildman–Crippen LogP) is 2.47. The van der Waals surface area contributed by atoms with Crippen LogP contribution in [0.1, 0.15) is 31.2 Å². The molecule has 1 aromatic heterocycles. The Bertz CT molecular complexity index is 781. The standard InChI is InChI=1S/C20H25N5O/c21-17-8-11-22-19(23-17)24-12-4-9-20(14-24)10-7-18(26)25(15-20)13-16-5-2-1-3-6-16/h1-3,5-6,8,11H,4,7,9-10,12-15H2,(H2,21,22,23)/t20-/m1/s1. The first-order chi connectivity index (χ1) is 12.6. The Morgan fingerprint density at radius 2 is 1.96 bits per heavy atom. The summed E-state index contributed by atoms with van der Waals surface area (Å²) in [5.41, 5.74) is 7.14. The monoisotopic (exact) mass is 351 g/mol. The highest BCUT2D eigenvalue weighted by atomic mass is 16.2. The number of nitrogens with two attached hydrogens (primary N) is 1. The molecule has 0 radical (unpaired) electrons. The van der Waals surface area contributed by atoms with E-state index >= 15 is 0 Å². The van der Waals surface area contributed by atoms with Crippen molar-refractivity contribution < 1.29 is 4.79 Å². The number of carbonyl (C=O) groups is 1. The van der Waals surface area contributed by atoms with Gasteiger partial charge in [-0.15, -0.1) is 0 Å². The van der Waals surface area contributed by atoms with E-state index < -0.39 is 0 Å². The molecular formula is C20H25N5O. The van der Waals surface area contributed by atoms with Gasteiger partial charge in [-0.25, -0.2) is 4.98 Å². The van der Waals surface area contributed by atoms with E-state index in [1.807, 2.05) is 23.1 Å². The van der Waals surface area contributed by atoms with Crippen molar-refractivity contribution in [2.45, 2.75) is 32.2 Å². The van der Waals surface area contributed by atoms with Crippen LogP contribution in [0.5, 0.6) is 0 Å². The minimum Gasteiger partial charge on any atom is -0.384 e. The van der Waals surface area contributed by atoms with Crippen molar-refractivity contribution in [2.75, 3.05) is 30.3 Å². The van der Waals surface area contributed by atoms with Gasteiger partial charge in [0.05, 0.1) is 0 Å². The Balaban J connectivity index is 1.51. The lowest BCUT2D eigenvalue weighted by Crippen LogP contribution is -2.54. The van der Waals surface area contributed by atoms with E-state index in [2.05, 4.69) is 27.0 Å². The second-order valence-corrected chi connectivity index (χ2v) is 7.54. The number of likely N-dealkylation sites (tertiary alicyclic amines) is 1. The maximum absolute atomic E-state index is 12.5. The van der Waals surface area contributed by atoms with Gasteiger partial charge in [-0.2, -0.15) is 4.98 Å². The third-order valence-corrected chi connectivity index (χ3v) is 5.57. The van der Waals surface area contributed by atoms with Gasteiger partial charge in [-0.05, 0) is 30.9 Å². The summed E-state index contributed by atoms with van der Waals surface area (Å²) in [5.74, 6) is 1.46. The second kappa shape index (κ2) is 6.94. The third kappa shape index (κ3) is 3.49. The minimum atomic E-state index is 0.120. The lowest BCUT2D eigenvalue weighted by atomic mass is 9.73. The average Bonchev–Trinajstić information content (AvgIpc) is 2.66. The van der Waals surface area contributed by atoms with E-state index in [9.17, 15) is 4.79 Å². The predicted molar refractivity (Wildman–Crippen MR) is 101 cm³/mol. The Morgan fingerprint density at radius 1 is 1.12 bits per heavy atom. The van der Waals surface area contributed by atoms with Crippen molar-refractivity contribution in [3.63, 3.8) is 0 Å². The summed E-state index contributed by atoms with van der Waals surface area (Å²) < 4.78 is 0. The Labute approximate surface area is 154 Å². The molecule has 1 aromatic carbocycles. The van der Waals surface area contributed by atoms with E-state index in [0.29, 0.717) is 24.7 Å². The molecule has 6 nitrogen and oxygen atoms in total. The van der Waals surface area contributed by atoms with E-state index in [0.717, 1.165) is 38.9 Å². The van der Waals surface area contributed by atoms with E-state index in [-0.39, 0.29) is 11.3 Å². The molecule has 1 spiro atoms.